The summed E-state index contributed by atoms with van der Waals surface area (Å²) in [7, 11) is 1.59. The summed E-state index contributed by atoms with van der Waals surface area (Å²) >= 11 is 5.80. The van der Waals surface area contributed by atoms with Crippen LogP contribution in [0.15, 0.2) is 24.3 Å². The van der Waals surface area contributed by atoms with E-state index in [2.05, 4.69) is 5.32 Å². The predicted molar refractivity (Wildman–Crippen MR) is 67.9 cm³/mol. The molecule has 94 valence electrons. The maximum Gasteiger partial charge on any atom is 0.236 e. The first-order valence-electron chi connectivity index (χ1n) is 5.36. The van der Waals surface area contributed by atoms with E-state index in [-0.39, 0.29) is 12.0 Å². The highest BCUT2D eigenvalue weighted by Gasteiger charge is 2.13. The molecule has 0 spiro atoms. The third kappa shape index (κ3) is 4.34. The van der Waals surface area contributed by atoms with Gasteiger partial charge in [0.2, 0.25) is 5.91 Å². The first-order chi connectivity index (χ1) is 8.04. The van der Waals surface area contributed by atoms with E-state index >= 15 is 0 Å². The molecule has 17 heavy (non-hydrogen) atoms. The second kappa shape index (κ2) is 6.59. The Morgan fingerprint density at radius 2 is 2.06 bits per heavy atom. The Bertz CT molecular complexity index is 365. The summed E-state index contributed by atoms with van der Waals surface area (Å²) in [6.45, 7) is 2.03. The van der Waals surface area contributed by atoms with Gasteiger partial charge in [0, 0.05) is 18.7 Å². The van der Waals surface area contributed by atoms with Crippen LogP contribution in [0.25, 0.3) is 0 Å². The van der Waals surface area contributed by atoms with E-state index in [1.807, 2.05) is 12.1 Å². The van der Waals surface area contributed by atoms with Crippen molar-refractivity contribution in [2.24, 2.45) is 5.73 Å². The molecule has 1 aromatic rings. The third-order valence-corrected chi connectivity index (χ3v) is 2.65. The van der Waals surface area contributed by atoms with Gasteiger partial charge in [0.25, 0.3) is 0 Å². The topological polar surface area (TPSA) is 64.3 Å². The molecule has 0 saturated carbocycles. The smallest absolute Gasteiger partial charge is 0.236 e. The molecule has 1 aromatic carbocycles. The number of benzene rings is 1. The Labute approximate surface area is 106 Å². The van der Waals surface area contributed by atoms with Gasteiger partial charge in [-0.25, -0.2) is 0 Å². The molecular formula is C12H17ClN2O2. The van der Waals surface area contributed by atoms with E-state index in [0.29, 0.717) is 11.6 Å². The normalized spacial score (nSPS) is 14.1. The molecule has 3 N–H and O–H groups in total. The lowest BCUT2D eigenvalue weighted by molar-refractivity contribution is -0.122. The zero-order valence-corrected chi connectivity index (χ0v) is 10.7. The molecule has 0 aliphatic rings. The number of amides is 1. The molecule has 1 rings (SSSR count). The van der Waals surface area contributed by atoms with Gasteiger partial charge in [-0.3, -0.25) is 4.79 Å². The van der Waals surface area contributed by atoms with Crippen LogP contribution in [0.5, 0.6) is 0 Å². The standard InChI is InChI=1S/C12H17ClN2O2/c1-8(14)12(16)15-7-11(17-2)9-3-5-10(13)6-4-9/h3-6,8,11H,7,14H2,1-2H3,(H,15,16)/t8-,11?/m1/s1. The fraction of sp³-hybridized carbons (Fsp3) is 0.417. The quantitative estimate of drug-likeness (QED) is 0.839. The lowest BCUT2D eigenvalue weighted by Crippen LogP contribution is -2.40. The van der Waals surface area contributed by atoms with Gasteiger partial charge in [-0.1, -0.05) is 23.7 Å². The zero-order valence-electron chi connectivity index (χ0n) is 9.94. The molecule has 0 aliphatic carbocycles. The number of halogens is 1. The fourth-order valence-electron chi connectivity index (χ4n) is 1.37. The Kier molecular flexibility index (Phi) is 5.41. The van der Waals surface area contributed by atoms with E-state index < -0.39 is 6.04 Å². The van der Waals surface area contributed by atoms with Crippen LogP contribution >= 0.6 is 11.6 Å². The van der Waals surface area contributed by atoms with Crippen molar-refractivity contribution >= 4 is 17.5 Å². The van der Waals surface area contributed by atoms with E-state index in [1.165, 1.54) is 0 Å². The molecule has 1 unspecified atom stereocenters. The molecule has 0 fully saturated rings. The second-order valence-electron chi connectivity index (χ2n) is 3.81. The van der Waals surface area contributed by atoms with E-state index in [1.54, 1.807) is 26.2 Å². The first-order valence-corrected chi connectivity index (χ1v) is 5.74. The summed E-state index contributed by atoms with van der Waals surface area (Å²) in [6, 6.07) is 6.80. The van der Waals surface area contributed by atoms with Crippen LogP contribution in [0.2, 0.25) is 5.02 Å². The fourth-order valence-corrected chi connectivity index (χ4v) is 1.49. The molecule has 0 aromatic heterocycles. The molecule has 0 saturated heterocycles. The summed E-state index contributed by atoms with van der Waals surface area (Å²) < 4.78 is 5.31. The van der Waals surface area contributed by atoms with Gasteiger partial charge in [-0.15, -0.1) is 0 Å². The maximum atomic E-state index is 11.3. The lowest BCUT2D eigenvalue weighted by Gasteiger charge is -2.17. The van der Waals surface area contributed by atoms with Gasteiger partial charge < -0.3 is 15.8 Å². The first kappa shape index (κ1) is 14.0. The number of carbonyl (C=O) groups excluding carboxylic acids is 1. The van der Waals surface area contributed by atoms with Gasteiger partial charge in [0.15, 0.2) is 0 Å². The van der Waals surface area contributed by atoms with Crippen LogP contribution in [0.1, 0.15) is 18.6 Å². The van der Waals surface area contributed by atoms with Crippen LogP contribution < -0.4 is 11.1 Å². The molecular weight excluding hydrogens is 240 g/mol. The molecule has 5 heteroatoms. The largest absolute Gasteiger partial charge is 0.375 e. The Hall–Kier alpha value is -1.10. The van der Waals surface area contributed by atoms with Crippen molar-refractivity contribution < 1.29 is 9.53 Å². The summed E-state index contributed by atoms with van der Waals surface area (Å²) in [5.74, 6) is -0.194. The third-order valence-electron chi connectivity index (χ3n) is 2.40. The minimum Gasteiger partial charge on any atom is -0.375 e. The van der Waals surface area contributed by atoms with Crippen LogP contribution in [-0.2, 0) is 9.53 Å². The van der Waals surface area contributed by atoms with Crippen LogP contribution in [0, 0.1) is 0 Å². The second-order valence-corrected chi connectivity index (χ2v) is 4.25. The molecule has 0 heterocycles. The number of rotatable bonds is 5. The van der Waals surface area contributed by atoms with Crippen molar-refractivity contribution in [3.63, 3.8) is 0 Å². The number of nitrogens with two attached hydrogens (primary N) is 1. The van der Waals surface area contributed by atoms with Crippen LogP contribution in [0.4, 0.5) is 0 Å². The number of carbonyl (C=O) groups is 1. The number of nitrogens with one attached hydrogen (secondary N) is 1. The van der Waals surface area contributed by atoms with Crippen molar-refractivity contribution in [3.05, 3.63) is 34.9 Å². The molecule has 1 amide bonds. The van der Waals surface area contributed by atoms with Gasteiger partial charge in [0.05, 0.1) is 12.1 Å². The number of hydrogen-bond donors (Lipinski definition) is 2. The summed E-state index contributed by atoms with van der Waals surface area (Å²) in [4.78, 5) is 11.3. The highest BCUT2D eigenvalue weighted by atomic mass is 35.5. The van der Waals surface area contributed by atoms with Crippen molar-refractivity contribution in [2.45, 2.75) is 19.1 Å². The lowest BCUT2D eigenvalue weighted by atomic mass is 10.1. The number of hydrogen-bond acceptors (Lipinski definition) is 3. The highest BCUT2D eigenvalue weighted by Crippen LogP contribution is 2.18. The Morgan fingerprint density at radius 3 is 2.53 bits per heavy atom. The van der Waals surface area contributed by atoms with Crippen LogP contribution in [-0.4, -0.2) is 25.6 Å². The molecule has 0 bridgehead atoms. The van der Waals surface area contributed by atoms with E-state index in [9.17, 15) is 4.79 Å². The summed E-state index contributed by atoms with van der Waals surface area (Å²) in [5.41, 5.74) is 6.41. The van der Waals surface area contributed by atoms with Crippen molar-refractivity contribution in [3.8, 4) is 0 Å². The SMILES string of the molecule is COC(CNC(=O)[C@@H](C)N)c1ccc(Cl)cc1. The Balaban J connectivity index is 2.60. The van der Waals surface area contributed by atoms with Crippen molar-refractivity contribution in [1.82, 2.24) is 5.32 Å². The minimum absolute atomic E-state index is 0.194. The van der Waals surface area contributed by atoms with Crippen LogP contribution in [0.3, 0.4) is 0 Å². The average Bonchev–Trinajstić information content (AvgIpc) is 2.31. The highest BCUT2D eigenvalue weighted by molar-refractivity contribution is 6.30. The molecule has 4 nitrogen and oxygen atoms in total. The van der Waals surface area contributed by atoms with Crippen molar-refractivity contribution in [2.75, 3.05) is 13.7 Å². The monoisotopic (exact) mass is 256 g/mol. The predicted octanol–water partition coefficient (Wildman–Crippen LogP) is 1.49. The summed E-state index contributed by atoms with van der Waals surface area (Å²) in [6.07, 6.45) is -0.199. The van der Waals surface area contributed by atoms with Crippen molar-refractivity contribution in [1.29, 1.82) is 0 Å². The molecule has 0 aliphatic heterocycles. The minimum atomic E-state index is -0.516. The molecule has 2 atom stereocenters. The zero-order chi connectivity index (χ0) is 12.8. The Morgan fingerprint density at radius 1 is 1.47 bits per heavy atom. The van der Waals surface area contributed by atoms with Gasteiger partial charge in [0.1, 0.15) is 0 Å². The van der Waals surface area contributed by atoms with E-state index in [4.69, 9.17) is 22.1 Å². The number of methoxy groups -OCH3 is 1. The summed E-state index contributed by atoms with van der Waals surface area (Å²) in [5, 5.41) is 3.39. The average molecular weight is 257 g/mol. The maximum absolute atomic E-state index is 11.3. The molecule has 0 radical (unpaired) electrons. The van der Waals surface area contributed by atoms with E-state index in [0.717, 1.165) is 5.56 Å². The number of ether oxygens (including phenoxy) is 1. The van der Waals surface area contributed by atoms with Gasteiger partial charge in [-0.2, -0.15) is 0 Å². The van der Waals surface area contributed by atoms with Gasteiger partial charge >= 0.3 is 0 Å². The van der Waals surface area contributed by atoms with Gasteiger partial charge in [-0.05, 0) is 24.6 Å².